The minimum Gasteiger partial charge on any atom is -0.107 e. The largest absolute Gasteiger partial charge is 0.107 e. The predicted octanol–water partition coefficient (Wildman–Crippen LogP) is 2.65. The smallest absolute Gasteiger partial charge is 0.0140 e. The van der Waals surface area contributed by atoms with Gasteiger partial charge in [0, 0.05) is 6.42 Å². The Morgan fingerprint density at radius 3 is 2.33 bits per heavy atom. The Labute approximate surface area is 58.7 Å². The van der Waals surface area contributed by atoms with Crippen LogP contribution in [0.1, 0.15) is 33.6 Å². The monoisotopic (exact) mass is 123 g/mol. The zero-order valence-electron chi connectivity index (χ0n) is 6.62. The Balaban J connectivity index is 3.67. The van der Waals surface area contributed by atoms with Crippen LogP contribution in [0.2, 0.25) is 0 Å². The second-order valence-electron chi connectivity index (χ2n) is 3.02. The molecule has 0 amide bonds. The molecule has 0 nitrogen and oxygen atoms in total. The molecule has 0 aromatic heterocycles. The zero-order valence-corrected chi connectivity index (χ0v) is 6.62. The van der Waals surface area contributed by atoms with E-state index in [4.69, 9.17) is 0 Å². The molecule has 51 valence electrons. The molecular weight excluding hydrogens is 108 g/mol. The van der Waals surface area contributed by atoms with Crippen molar-refractivity contribution >= 4 is 0 Å². The van der Waals surface area contributed by atoms with Crippen molar-refractivity contribution in [2.45, 2.75) is 33.6 Å². The van der Waals surface area contributed by atoms with Crippen molar-refractivity contribution in [3.8, 4) is 11.8 Å². The van der Waals surface area contributed by atoms with Crippen LogP contribution in [0.5, 0.6) is 0 Å². The second kappa shape index (κ2) is 3.56. The van der Waals surface area contributed by atoms with Crippen molar-refractivity contribution in [2.24, 2.45) is 5.41 Å². The molecular formula is C9H15. The van der Waals surface area contributed by atoms with Crippen LogP contribution in [0.4, 0.5) is 0 Å². The molecule has 0 spiro atoms. The van der Waals surface area contributed by atoms with Crippen molar-refractivity contribution in [3.63, 3.8) is 0 Å². The summed E-state index contributed by atoms with van der Waals surface area (Å²) < 4.78 is 0. The first kappa shape index (κ1) is 8.56. The van der Waals surface area contributed by atoms with Gasteiger partial charge in [-0.1, -0.05) is 20.8 Å². The Morgan fingerprint density at radius 2 is 2.00 bits per heavy atom. The van der Waals surface area contributed by atoms with E-state index in [1.54, 1.807) is 0 Å². The van der Waals surface area contributed by atoms with Crippen LogP contribution >= 0.6 is 0 Å². The SMILES string of the molecule is [CH2]CC(C)(C)CC#CC. The van der Waals surface area contributed by atoms with Crippen LogP contribution in [0.3, 0.4) is 0 Å². The first-order valence-corrected chi connectivity index (χ1v) is 3.31. The predicted molar refractivity (Wildman–Crippen MR) is 41.8 cm³/mol. The van der Waals surface area contributed by atoms with Gasteiger partial charge in [0.15, 0.2) is 0 Å². The molecule has 0 rings (SSSR count). The molecule has 0 unspecified atom stereocenters. The lowest BCUT2D eigenvalue weighted by Crippen LogP contribution is -2.07. The third-order valence-electron chi connectivity index (χ3n) is 1.42. The first-order valence-electron chi connectivity index (χ1n) is 3.31. The number of hydrogen-bond acceptors (Lipinski definition) is 0. The van der Waals surface area contributed by atoms with E-state index < -0.39 is 0 Å². The van der Waals surface area contributed by atoms with E-state index in [1.807, 2.05) is 6.92 Å². The topological polar surface area (TPSA) is 0 Å². The fraction of sp³-hybridized carbons (Fsp3) is 0.667. The molecule has 0 N–H and O–H groups in total. The Morgan fingerprint density at radius 1 is 1.44 bits per heavy atom. The van der Waals surface area contributed by atoms with Gasteiger partial charge in [0.05, 0.1) is 0 Å². The summed E-state index contributed by atoms with van der Waals surface area (Å²) in [6.45, 7) is 10.1. The fourth-order valence-electron chi connectivity index (χ4n) is 0.416. The van der Waals surface area contributed by atoms with Gasteiger partial charge in [0.25, 0.3) is 0 Å². The normalized spacial score (nSPS) is 10.2. The summed E-state index contributed by atoms with van der Waals surface area (Å²) in [5.41, 5.74) is 0.309. The third-order valence-corrected chi connectivity index (χ3v) is 1.42. The van der Waals surface area contributed by atoms with Gasteiger partial charge in [0.1, 0.15) is 0 Å². The molecule has 0 atom stereocenters. The lowest BCUT2D eigenvalue weighted by Gasteiger charge is -2.18. The fourth-order valence-corrected chi connectivity index (χ4v) is 0.416. The van der Waals surface area contributed by atoms with E-state index in [0.29, 0.717) is 5.41 Å². The first-order chi connectivity index (χ1) is 4.12. The van der Waals surface area contributed by atoms with Crippen LogP contribution in [0.25, 0.3) is 0 Å². The van der Waals surface area contributed by atoms with Gasteiger partial charge < -0.3 is 0 Å². The molecule has 0 fully saturated rings. The van der Waals surface area contributed by atoms with Gasteiger partial charge in [0.2, 0.25) is 0 Å². The lowest BCUT2D eigenvalue weighted by atomic mass is 9.87. The zero-order chi connectivity index (χ0) is 7.33. The van der Waals surface area contributed by atoms with Crippen molar-refractivity contribution in [3.05, 3.63) is 6.92 Å². The van der Waals surface area contributed by atoms with Crippen LogP contribution in [-0.4, -0.2) is 0 Å². The molecule has 0 saturated carbocycles. The average Bonchev–Trinajstić information content (AvgIpc) is 1.84. The van der Waals surface area contributed by atoms with E-state index in [0.717, 1.165) is 12.8 Å². The summed E-state index contributed by atoms with van der Waals surface area (Å²) >= 11 is 0. The van der Waals surface area contributed by atoms with E-state index in [2.05, 4.69) is 32.6 Å². The molecule has 0 saturated heterocycles. The van der Waals surface area contributed by atoms with Crippen molar-refractivity contribution in [1.82, 2.24) is 0 Å². The van der Waals surface area contributed by atoms with Gasteiger partial charge >= 0.3 is 0 Å². The summed E-state index contributed by atoms with van der Waals surface area (Å²) in [7, 11) is 0. The Bertz CT molecular complexity index is 121. The molecule has 0 aliphatic heterocycles. The van der Waals surface area contributed by atoms with E-state index in [9.17, 15) is 0 Å². The average molecular weight is 123 g/mol. The minimum absolute atomic E-state index is 0.309. The maximum Gasteiger partial charge on any atom is 0.0140 e. The molecule has 0 bridgehead atoms. The summed E-state index contributed by atoms with van der Waals surface area (Å²) in [5.74, 6) is 5.93. The highest BCUT2D eigenvalue weighted by Crippen LogP contribution is 2.22. The van der Waals surface area contributed by atoms with Gasteiger partial charge in [-0.05, 0) is 18.8 Å². The van der Waals surface area contributed by atoms with E-state index >= 15 is 0 Å². The molecule has 0 heterocycles. The standard InChI is InChI=1S/C9H15/c1-5-7-8-9(3,4)6-2/h2,6,8H2,1,3-4H3. The lowest BCUT2D eigenvalue weighted by molar-refractivity contribution is 0.382. The third kappa shape index (κ3) is 4.09. The number of rotatable bonds is 2. The van der Waals surface area contributed by atoms with E-state index in [1.165, 1.54) is 0 Å². The highest BCUT2D eigenvalue weighted by molar-refractivity contribution is 4.98. The van der Waals surface area contributed by atoms with Crippen LogP contribution in [0, 0.1) is 24.2 Å². The molecule has 0 aliphatic carbocycles. The Hall–Kier alpha value is -0.440. The molecule has 0 aliphatic rings. The molecule has 0 aromatic rings. The van der Waals surface area contributed by atoms with Gasteiger partial charge in [-0.3, -0.25) is 0 Å². The minimum atomic E-state index is 0.309. The number of hydrogen-bond donors (Lipinski definition) is 0. The van der Waals surface area contributed by atoms with Gasteiger partial charge in [-0.25, -0.2) is 0 Å². The summed E-state index contributed by atoms with van der Waals surface area (Å²) in [5, 5.41) is 0. The van der Waals surface area contributed by atoms with Gasteiger partial charge in [-0.2, -0.15) is 0 Å². The summed E-state index contributed by atoms with van der Waals surface area (Å²) in [6.07, 6.45) is 1.93. The molecule has 1 radical (unpaired) electrons. The quantitative estimate of drug-likeness (QED) is 0.495. The van der Waals surface area contributed by atoms with Crippen molar-refractivity contribution < 1.29 is 0 Å². The van der Waals surface area contributed by atoms with Crippen LogP contribution in [-0.2, 0) is 0 Å². The van der Waals surface area contributed by atoms with Crippen molar-refractivity contribution in [2.75, 3.05) is 0 Å². The Kier molecular flexibility index (Phi) is 3.39. The highest BCUT2D eigenvalue weighted by Gasteiger charge is 2.11. The van der Waals surface area contributed by atoms with Crippen LogP contribution < -0.4 is 0 Å². The van der Waals surface area contributed by atoms with E-state index in [-0.39, 0.29) is 0 Å². The van der Waals surface area contributed by atoms with Crippen molar-refractivity contribution in [1.29, 1.82) is 0 Å². The molecule has 0 aromatic carbocycles. The summed E-state index contributed by atoms with van der Waals surface area (Å²) in [6, 6.07) is 0. The second-order valence-corrected chi connectivity index (χ2v) is 3.02. The molecule has 0 heteroatoms. The maximum absolute atomic E-state index is 3.84. The van der Waals surface area contributed by atoms with Gasteiger partial charge in [-0.15, -0.1) is 11.8 Å². The molecule has 9 heavy (non-hydrogen) atoms. The highest BCUT2D eigenvalue weighted by atomic mass is 14.2. The summed E-state index contributed by atoms with van der Waals surface area (Å²) in [4.78, 5) is 0. The van der Waals surface area contributed by atoms with Crippen LogP contribution in [0.15, 0.2) is 0 Å². The maximum atomic E-state index is 3.84.